The standard InChI is InChI=1S/C18H15ClN4O/c19-14-3-1-2-13(8-14)18(5-6-18)23-7-4-12(10-23)16(24)15-9-21-11-22-17(15)20/h1-4,7-11H,5-6H2,(H2,20,21,22). The molecule has 3 aromatic rings. The van der Waals surface area contributed by atoms with Crippen molar-refractivity contribution in [3.05, 3.63) is 77.0 Å². The van der Waals surface area contributed by atoms with Crippen LogP contribution in [0.3, 0.4) is 0 Å². The van der Waals surface area contributed by atoms with Crippen molar-refractivity contribution in [3.8, 4) is 0 Å². The number of carbonyl (C=O) groups is 1. The molecule has 5 nitrogen and oxygen atoms in total. The molecule has 4 rings (SSSR count). The summed E-state index contributed by atoms with van der Waals surface area (Å²) in [7, 11) is 0. The minimum atomic E-state index is -0.172. The van der Waals surface area contributed by atoms with Gasteiger partial charge in [-0.2, -0.15) is 0 Å². The molecule has 1 aromatic carbocycles. The number of anilines is 1. The van der Waals surface area contributed by atoms with E-state index in [1.54, 1.807) is 6.07 Å². The number of nitrogens with two attached hydrogens (primary N) is 1. The van der Waals surface area contributed by atoms with Gasteiger partial charge in [0.25, 0.3) is 0 Å². The van der Waals surface area contributed by atoms with Gasteiger partial charge in [0.2, 0.25) is 0 Å². The molecule has 0 amide bonds. The number of rotatable bonds is 4. The van der Waals surface area contributed by atoms with Crippen LogP contribution >= 0.6 is 11.6 Å². The number of carbonyl (C=O) groups excluding carboxylic acids is 1. The molecule has 0 unspecified atom stereocenters. The highest BCUT2D eigenvalue weighted by atomic mass is 35.5. The summed E-state index contributed by atoms with van der Waals surface area (Å²) in [6.07, 6.45) is 8.61. The number of benzene rings is 1. The minimum absolute atomic E-state index is 0.109. The molecule has 0 bridgehead atoms. The second-order valence-corrected chi connectivity index (χ2v) is 6.44. The summed E-state index contributed by atoms with van der Waals surface area (Å²) in [4.78, 5) is 20.4. The summed E-state index contributed by atoms with van der Waals surface area (Å²) >= 11 is 6.13. The van der Waals surface area contributed by atoms with Crippen LogP contribution in [0.4, 0.5) is 5.82 Å². The second kappa shape index (κ2) is 5.46. The van der Waals surface area contributed by atoms with Crippen molar-refractivity contribution >= 4 is 23.2 Å². The van der Waals surface area contributed by atoms with E-state index in [2.05, 4.69) is 20.6 Å². The Morgan fingerprint density at radius 1 is 1.29 bits per heavy atom. The Morgan fingerprint density at radius 3 is 2.83 bits per heavy atom. The Hall–Kier alpha value is -2.66. The number of hydrogen-bond acceptors (Lipinski definition) is 4. The fourth-order valence-corrected chi connectivity index (χ4v) is 3.25. The number of nitrogen functional groups attached to an aromatic ring is 1. The first-order valence-electron chi connectivity index (χ1n) is 7.65. The van der Waals surface area contributed by atoms with Gasteiger partial charge in [-0.3, -0.25) is 4.79 Å². The zero-order valence-electron chi connectivity index (χ0n) is 12.8. The molecular formula is C18H15ClN4O. The molecule has 0 saturated heterocycles. The van der Waals surface area contributed by atoms with Gasteiger partial charge in [-0.05, 0) is 36.6 Å². The lowest BCUT2D eigenvalue weighted by molar-refractivity contribution is 0.103. The van der Waals surface area contributed by atoms with E-state index in [9.17, 15) is 4.79 Å². The van der Waals surface area contributed by atoms with Gasteiger partial charge in [-0.1, -0.05) is 23.7 Å². The van der Waals surface area contributed by atoms with Gasteiger partial charge < -0.3 is 10.3 Å². The highest BCUT2D eigenvalue weighted by molar-refractivity contribution is 6.30. The number of hydrogen-bond donors (Lipinski definition) is 1. The molecule has 1 fully saturated rings. The third kappa shape index (κ3) is 2.37. The fraction of sp³-hybridized carbons (Fsp3) is 0.167. The predicted octanol–water partition coefficient (Wildman–Crippen LogP) is 3.28. The molecule has 2 aromatic heterocycles. The molecule has 0 spiro atoms. The van der Waals surface area contributed by atoms with Crippen LogP contribution in [0.25, 0.3) is 0 Å². The van der Waals surface area contributed by atoms with E-state index in [0.717, 1.165) is 23.4 Å². The highest BCUT2D eigenvalue weighted by Gasteiger charge is 2.46. The molecule has 1 aliphatic rings. The number of aromatic nitrogens is 3. The first-order chi connectivity index (χ1) is 11.6. The maximum absolute atomic E-state index is 12.6. The van der Waals surface area contributed by atoms with Crippen LogP contribution < -0.4 is 5.73 Å². The van der Waals surface area contributed by atoms with E-state index in [1.165, 1.54) is 12.5 Å². The first kappa shape index (κ1) is 14.9. The molecule has 1 saturated carbocycles. The molecular weight excluding hydrogens is 324 g/mol. The van der Waals surface area contributed by atoms with Crippen LogP contribution in [0.5, 0.6) is 0 Å². The maximum atomic E-state index is 12.6. The summed E-state index contributed by atoms with van der Waals surface area (Å²) in [5.74, 6) is 0.0208. The first-order valence-corrected chi connectivity index (χ1v) is 8.03. The average Bonchev–Trinajstić information content (AvgIpc) is 3.25. The largest absolute Gasteiger partial charge is 0.383 e. The van der Waals surface area contributed by atoms with E-state index in [4.69, 9.17) is 17.3 Å². The predicted molar refractivity (Wildman–Crippen MR) is 92.1 cm³/mol. The minimum Gasteiger partial charge on any atom is -0.383 e. The molecule has 0 atom stereocenters. The maximum Gasteiger partial charge on any atom is 0.199 e. The van der Waals surface area contributed by atoms with E-state index >= 15 is 0 Å². The van der Waals surface area contributed by atoms with Crippen molar-refractivity contribution in [2.45, 2.75) is 18.4 Å². The van der Waals surface area contributed by atoms with Crippen molar-refractivity contribution < 1.29 is 4.79 Å². The summed E-state index contributed by atoms with van der Waals surface area (Å²) in [6, 6.07) is 9.68. The Morgan fingerprint density at radius 2 is 2.12 bits per heavy atom. The van der Waals surface area contributed by atoms with Gasteiger partial charge in [0.1, 0.15) is 12.1 Å². The lowest BCUT2D eigenvalue weighted by atomic mass is 10.0. The number of halogens is 1. The Balaban J connectivity index is 1.69. The Bertz CT molecular complexity index is 930. The molecule has 24 heavy (non-hydrogen) atoms. The van der Waals surface area contributed by atoms with Crippen molar-refractivity contribution in [3.63, 3.8) is 0 Å². The van der Waals surface area contributed by atoms with Gasteiger partial charge in [0, 0.05) is 29.2 Å². The Labute approximate surface area is 144 Å². The van der Waals surface area contributed by atoms with E-state index < -0.39 is 0 Å². The van der Waals surface area contributed by atoms with Gasteiger partial charge in [0.05, 0.1) is 11.1 Å². The highest BCUT2D eigenvalue weighted by Crippen LogP contribution is 2.50. The van der Waals surface area contributed by atoms with Crippen LogP contribution in [-0.2, 0) is 5.54 Å². The average molecular weight is 339 g/mol. The zero-order chi connectivity index (χ0) is 16.7. The van der Waals surface area contributed by atoms with Gasteiger partial charge in [-0.15, -0.1) is 0 Å². The van der Waals surface area contributed by atoms with Crippen LogP contribution in [0.1, 0.15) is 34.3 Å². The SMILES string of the molecule is Nc1ncncc1C(=O)c1ccn(C2(c3cccc(Cl)c3)CC2)c1. The van der Waals surface area contributed by atoms with Crippen LogP contribution in [0.2, 0.25) is 5.02 Å². The summed E-state index contributed by atoms with van der Waals surface area (Å²) in [5, 5.41) is 0.719. The van der Waals surface area contributed by atoms with Crippen LogP contribution in [0, 0.1) is 0 Å². The Kier molecular flexibility index (Phi) is 3.39. The summed E-state index contributed by atoms with van der Waals surface area (Å²) in [6.45, 7) is 0. The molecule has 0 aliphatic heterocycles. The number of nitrogens with zero attached hydrogens (tertiary/aromatic N) is 3. The molecule has 6 heteroatoms. The van der Waals surface area contributed by atoms with Crippen LogP contribution in [0.15, 0.2) is 55.2 Å². The fourth-order valence-electron chi connectivity index (χ4n) is 3.06. The van der Waals surface area contributed by atoms with Gasteiger partial charge in [-0.25, -0.2) is 9.97 Å². The number of ketones is 1. The topological polar surface area (TPSA) is 73.8 Å². The summed E-state index contributed by atoms with van der Waals surface area (Å²) in [5.41, 5.74) is 7.72. The molecule has 1 aliphatic carbocycles. The third-order valence-corrected chi connectivity index (χ3v) is 4.76. The van der Waals surface area contributed by atoms with Crippen molar-refractivity contribution in [1.82, 2.24) is 14.5 Å². The summed E-state index contributed by atoms with van der Waals surface area (Å²) < 4.78 is 2.09. The molecule has 0 radical (unpaired) electrons. The lowest BCUT2D eigenvalue weighted by Crippen LogP contribution is -2.17. The van der Waals surface area contributed by atoms with Gasteiger partial charge >= 0.3 is 0 Å². The van der Waals surface area contributed by atoms with Crippen molar-refractivity contribution in [2.75, 3.05) is 5.73 Å². The molecule has 2 heterocycles. The van der Waals surface area contributed by atoms with Crippen LogP contribution in [-0.4, -0.2) is 20.3 Å². The van der Waals surface area contributed by atoms with Gasteiger partial charge in [0.15, 0.2) is 5.78 Å². The van der Waals surface area contributed by atoms with E-state index in [-0.39, 0.29) is 17.1 Å². The van der Waals surface area contributed by atoms with E-state index in [1.807, 2.05) is 30.6 Å². The molecule has 120 valence electrons. The third-order valence-electron chi connectivity index (χ3n) is 4.52. The molecule has 2 N–H and O–H groups in total. The van der Waals surface area contributed by atoms with E-state index in [0.29, 0.717) is 11.1 Å². The zero-order valence-corrected chi connectivity index (χ0v) is 13.6. The second-order valence-electron chi connectivity index (χ2n) is 6.00. The smallest absolute Gasteiger partial charge is 0.199 e. The quantitative estimate of drug-likeness (QED) is 0.741. The monoisotopic (exact) mass is 338 g/mol. The van der Waals surface area contributed by atoms with Crippen molar-refractivity contribution in [1.29, 1.82) is 0 Å². The normalized spacial score (nSPS) is 15.2. The van der Waals surface area contributed by atoms with Crippen molar-refractivity contribution in [2.24, 2.45) is 0 Å². The lowest BCUT2D eigenvalue weighted by Gasteiger charge is -2.18.